The van der Waals surface area contributed by atoms with E-state index < -0.39 is 0 Å². The number of hydrogen-bond donors (Lipinski definition) is 0. The van der Waals surface area contributed by atoms with Crippen LogP contribution in [-0.4, -0.2) is 24.5 Å². The molecule has 0 N–H and O–H groups in total. The Labute approximate surface area is 116 Å². The summed E-state index contributed by atoms with van der Waals surface area (Å²) in [6, 6.07) is 11.4. The molecule has 1 aliphatic heterocycles. The molecule has 0 amide bonds. The molecule has 100 valence electrons. The highest BCUT2D eigenvalue weighted by Gasteiger charge is 2.25. The van der Waals surface area contributed by atoms with Crippen molar-refractivity contribution >= 4 is 0 Å². The van der Waals surface area contributed by atoms with Gasteiger partial charge in [0.2, 0.25) is 0 Å². The molecule has 0 aromatic heterocycles. The van der Waals surface area contributed by atoms with E-state index >= 15 is 0 Å². The molecule has 3 rings (SSSR count). The van der Waals surface area contributed by atoms with Gasteiger partial charge in [0.25, 0.3) is 0 Å². The molecule has 0 radical (unpaired) electrons. The molecule has 1 aliphatic carbocycles. The van der Waals surface area contributed by atoms with E-state index in [-0.39, 0.29) is 5.92 Å². The van der Waals surface area contributed by atoms with Gasteiger partial charge in [-0.3, -0.25) is 0 Å². The van der Waals surface area contributed by atoms with Gasteiger partial charge in [0.05, 0.1) is 12.0 Å². The average molecular weight is 254 g/mol. The van der Waals surface area contributed by atoms with Crippen molar-refractivity contribution in [1.29, 1.82) is 5.26 Å². The molecule has 1 saturated heterocycles. The smallest absolute Gasteiger partial charge is 0.0669 e. The summed E-state index contributed by atoms with van der Waals surface area (Å²) in [6.45, 7) is 3.31. The zero-order valence-corrected chi connectivity index (χ0v) is 11.5. The lowest BCUT2D eigenvalue weighted by molar-refractivity contribution is 0.184. The Morgan fingerprint density at radius 3 is 3.00 bits per heavy atom. The third-order valence-corrected chi connectivity index (χ3v) is 4.66. The molecule has 19 heavy (non-hydrogen) atoms. The summed E-state index contributed by atoms with van der Waals surface area (Å²) >= 11 is 0. The topological polar surface area (TPSA) is 27.0 Å². The minimum Gasteiger partial charge on any atom is -0.301 e. The molecule has 1 heterocycles. The van der Waals surface area contributed by atoms with Crippen LogP contribution >= 0.6 is 0 Å². The molecular weight excluding hydrogens is 232 g/mol. The van der Waals surface area contributed by atoms with Crippen LogP contribution in [0.5, 0.6) is 0 Å². The van der Waals surface area contributed by atoms with Crippen LogP contribution in [0, 0.1) is 17.2 Å². The van der Waals surface area contributed by atoms with Crippen LogP contribution in [0.1, 0.15) is 42.7 Å². The number of hydrogen-bond acceptors (Lipinski definition) is 2. The lowest BCUT2D eigenvalue weighted by atomic mass is 9.82. The monoisotopic (exact) mass is 254 g/mol. The summed E-state index contributed by atoms with van der Waals surface area (Å²) in [5, 5.41) is 9.10. The zero-order valence-electron chi connectivity index (χ0n) is 11.5. The lowest BCUT2D eigenvalue weighted by Crippen LogP contribution is -2.38. The van der Waals surface area contributed by atoms with Crippen LogP contribution in [0.2, 0.25) is 0 Å². The number of benzene rings is 1. The fraction of sp³-hybridized carbons (Fsp3) is 0.588. The third kappa shape index (κ3) is 2.82. The number of piperidine rings is 1. The van der Waals surface area contributed by atoms with Gasteiger partial charge in [-0.25, -0.2) is 0 Å². The predicted molar refractivity (Wildman–Crippen MR) is 76.9 cm³/mol. The SMILES string of the molecule is N#CC1CCCN(CC2CCCc3ccccc32)C1. The molecule has 2 unspecified atom stereocenters. The van der Waals surface area contributed by atoms with Crippen molar-refractivity contribution < 1.29 is 0 Å². The van der Waals surface area contributed by atoms with Crippen molar-refractivity contribution in [3.63, 3.8) is 0 Å². The Balaban J connectivity index is 1.69. The van der Waals surface area contributed by atoms with E-state index in [4.69, 9.17) is 5.26 Å². The molecule has 0 saturated carbocycles. The number of aryl methyl sites for hydroxylation is 1. The number of rotatable bonds is 2. The maximum Gasteiger partial charge on any atom is 0.0669 e. The first-order chi connectivity index (χ1) is 9.36. The van der Waals surface area contributed by atoms with Crippen molar-refractivity contribution in [3.05, 3.63) is 35.4 Å². The van der Waals surface area contributed by atoms with Gasteiger partial charge in [-0.05, 0) is 55.7 Å². The predicted octanol–water partition coefficient (Wildman–Crippen LogP) is 3.34. The maximum absolute atomic E-state index is 9.10. The highest BCUT2D eigenvalue weighted by atomic mass is 15.1. The van der Waals surface area contributed by atoms with Gasteiger partial charge in [0.15, 0.2) is 0 Å². The van der Waals surface area contributed by atoms with Gasteiger partial charge in [0.1, 0.15) is 0 Å². The minimum absolute atomic E-state index is 0.257. The molecule has 0 spiro atoms. The van der Waals surface area contributed by atoms with Crippen molar-refractivity contribution in [2.45, 2.75) is 38.0 Å². The second kappa shape index (κ2) is 5.75. The first kappa shape index (κ1) is 12.7. The molecule has 2 heteroatoms. The molecule has 2 nitrogen and oxygen atoms in total. The Morgan fingerprint density at radius 1 is 1.21 bits per heavy atom. The Hall–Kier alpha value is -1.33. The summed E-state index contributed by atoms with van der Waals surface area (Å²) in [5.74, 6) is 0.940. The van der Waals surface area contributed by atoms with E-state index in [9.17, 15) is 0 Å². The molecule has 2 aliphatic rings. The van der Waals surface area contributed by atoms with Gasteiger partial charge in [-0.2, -0.15) is 5.26 Å². The van der Waals surface area contributed by atoms with Crippen molar-refractivity contribution in [2.75, 3.05) is 19.6 Å². The minimum atomic E-state index is 0.257. The highest BCUT2D eigenvalue weighted by Crippen LogP contribution is 2.32. The summed E-state index contributed by atoms with van der Waals surface area (Å²) in [4.78, 5) is 2.52. The fourth-order valence-electron chi connectivity index (χ4n) is 3.68. The second-order valence-corrected chi connectivity index (χ2v) is 6.02. The van der Waals surface area contributed by atoms with Crippen molar-refractivity contribution in [1.82, 2.24) is 4.90 Å². The van der Waals surface area contributed by atoms with Gasteiger partial charge in [-0.15, -0.1) is 0 Å². The molecule has 0 bridgehead atoms. The number of nitriles is 1. The highest BCUT2D eigenvalue weighted by molar-refractivity contribution is 5.32. The van der Waals surface area contributed by atoms with E-state index in [1.54, 1.807) is 11.1 Å². The van der Waals surface area contributed by atoms with Crippen LogP contribution in [0.15, 0.2) is 24.3 Å². The summed E-state index contributed by atoms with van der Waals surface area (Å²) < 4.78 is 0. The Morgan fingerprint density at radius 2 is 2.11 bits per heavy atom. The van der Waals surface area contributed by atoms with Crippen LogP contribution in [0.3, 0.4) is 0 Å². The van der Waals surface area contributed by atoms with Crippen molar-refractivity contribution in [2.24, 2.45) is 5.92 Å². The zero-order chi connectivity index (χ0) is 13.1. The first-order valence-electron chi connectivity index (χ1n) is 7.56. The molecule has 1 fully saturated rings. The van der Waals surface area contributed by atoms with Crippen LogP contribution in [0.25, 0.3) is 0 Å². The lowest BCUT2D eigenvalue weighted by Gasteiger charge is -2.34. The van der Waals surface area contributed by atoms with E-state index in [0.29, 0.717) is 5.92 Å². The molecule has 2 atom stereocenters. The van der Waals surface area contributed by atoms with E-state index in [2.05, 4.69) is 35.2 Å². The Kier molecular flexibility index (Phi) is 3.84. The van der Waals surface area contributed by atoms with Gasteiger partial charge in [0, 0.05) is 13.1 Å². The normalized spacial score (nSPS) is 27.5. The number of likely N-dealkylation sites (tertiary alicyclic amines) is 1. The van der Waals surface area contributed by atoms with Gasteiger partial charge in [-0.1, -0.05) is 24.3 Å². The summed E-state index contributed by atoms with van der Waals surface area (Å²) in [7, 11) is 0. The van der Waals surface area contributed by atoms with Gasteiger partial charge < -0.3 is 4.90 Å². The number of fused-ring (bicyclic) bond motifs is 1. The maximum atomic E-state index is 9.10. The molecule has 1 aromatic carbocycles. The molecule has 1 aromatic rings. The molecular formula is C17H22N2. The van der Waals surface area contributed by atoms with Crippen LogP contribution < -0.4 is 0 Å². The van der Waals surface area contributed by atoms with Crippen LogP contribution in [0.4, 0.5) is 0 Å². The largest absolute Gasteiger partial charge is 0.301 e. The Bertz CT molecular complexity index is 474. The first-order valence-corrected chi connectivity index (χ1v) is 7.56. The summed E-state index contributed by atoms with van der Waals surface area (Å²) in [6.07, 6.45) is 6.15. The quantitative estimate of drug-likeness (QED) is 0.809. The van der Waals surface area contributed by atoms with E-state index in [0.717, 1.165) is 19.5 Å². The second-order valence-electron chi connectivity index (χ2n) is 6.02. The summed E-state index contributed by atoms with van der Waals surface area (Å²) in [5.41, 5.74) is 3.11. The third-order valence-electron chi connectivity index (χ3n) is 4.66. The van der Waals surface area contributed by atoms with Gasteiger partial charge >= 0.3 is 0 Å². The number of nitrogens with zero attached hydrogens (tertiary/aromatic N) is 2. The van der Waals surface area contributed by atoms with Crippen molar-refractivity contribution in [3.8, 4) is 6.07 Å². The fourth-order valence-corrected chi connectivity index (χ4v) is 3.68. The van der Waals surface area contributed by atoms with Crippen LogP contribution in [-0.2, 0) is 6.42 Å². The average Bonchev–Trinajstić information content (AvgIpc) is 2.48. The van der Waals surface area contributed by atoms with E-state index in [1.165, 1.54) is 32.2 Å². The standard InChI is InChI=1S/C17H22N2/c18-11-14-5-4-10-19(12-14)13-16-8-3-7-15-6-1-2-9-17(15)16/h1-2,6,9,14,16H,3-5,7-8,10,12-13H2. The van der Waals surface area contributed by atoms with E-state index in [1.807, 2.05) is 0 Å².